The topological polar surface area (TPSA) is 41.1 Å². The standard InChI is InChI=1S/C19H24N2O/c1-14(2)17-10-6-7-11-18(17)20-13-19(22)21-12-16-9-5-4-8-15(16)3/h4-11,14,20H,12-13H2,1-3H3,(H,21,22). The Morgan fingerprint density at radius 1 is 1.05 bits per heavy atom. The second-order valence-electron chi connectivity index (χ2n) is 5.80. The van der Waals surface area contributed by atoms with Crippen LogP contribution in [-0.4, -0.2) is 12.5 Å². The lowest BCUT2D eigenvalue weighted by Gasteiger charge is -2.14. The molecule has 116 valence electrons. The maximum atomic E-state index is 12.0. The maximum Gasteiger partial charge on any atom is 0.239 e. The van der Waals surface area contributed by atoms with Crippen molar-refractivity contribution < 1.29 is 4.79 Å². The predicted octanol–water partition coefficient (Wildman–Crippen LogP) is 3.85. The molecular weight excluding hydrogens is 272 g/mol. The molecule has 0 aliphatic heterocycles. The molecule has 0 aromatic heterocycles. The van der Waals surface area contributed by atoms with Crippen LogP contribution in [0, 0.1) is 6.92 Å². The number of carbonyl (C=O) groups is 1. The Hall–Kier alpha value is -2.29. The van der Waals surface area contributed by atoms with E-state index < -0.39 is 0 Å². The molecule has 0 heterocycles. The highest BCUT2D eigenvalue weighted by molar-refractivity contribution is 5.81. The molecule has 2 rings (SSSR count). The molecule has 0 saturated heterocycles. The smallest absolute Gasteiger partial charge is 0.239 e. The highest BCUT2D eigenvalue weighted by Gasteiger charge is 2.07. The monoisotopic (exact) mass is 296 g/mol. The number of nitrogens with one attached hydrogen (secondary N) is 2. The molecule has 2 aromatic rings. The van der Waals surface area contributed by atoms with Gasteiger partial charge in [0.2, 0.25) is 5.91 Å². The van der Waals surface area contributed by atoms with Crippen LogP contribution in [0.25, 0.3) is 0 Å². The molecule has 2 N–H and O–H groups in total. The summed E-state index contributed by atoms with van der Waals surface area (Å²) in [6.07, 6.45) is 0. The SMILES string of the molecule is Cc1ccccc1CNC(=O)CNc1ccccc1C(C)C. The van der Waals surface area contributed by atoms with Crippen molar-refractivity contribution in [3.63, 3.8) is 0 Å². The van der Waals surface area contributed by atoms with E-state index in [1.54, 1.807) is 0 Å². The first-order valence-electron chi connectivity index (χ1n) is 7.72. The zero-order valence-corrected chi connectivity index (χ0v) is 13.5. The van der Waals surface area contributed by atoms with Crippen LogP contribution >= 0.6 is 0 Å². The fourth-order valence-corrected chi connectivity index (χ4v) is 2.40. The van der Waals surface area contributed by atoms with Crippen LogP contribution in [0.4, 0.5) is 5.69 Å². The van der Waals surface area contributed by atoms with E-state index in [4.69, 9.17) is 0 Å². The first-order valence-corrected chi connectivity index (χ1v) is 7.72. The summed E-state index contributed by atoms with van der Waals surface area (Å²) >= 11 is 0. The second kappa shape index (κ2) is 7.64. The minimum Gasteiger partial charge on any atom is -0.376 e. The lowest BCUT2D eigenvalue weighted by Crippen LogP contribution is -2.29. The van der Waals surface area contributed by atoms with Crippen molar-refractivity contribution in [1.29, 1.82) is 0 Å². The van der Waals surface area contributed by atoms with E-state index >= 15 is 0 Å². The fourth-order valence-electron chi connectivity index (χ4n) is 2.40. The van der Waals surface area contributed by atoms with Crippen molar-refractivity contribution in [3.05, 3.63) is 65.2 Å². The summed E-state index contributed by atoms with van der Waals surface area (Å²) in [4.78, 5) is 12.0. The van der Waals surface area contributed by atoms with Crippen LogP contribution in [-0.2, 0) is 11.3 Å². The van der Waals surface area contributed by atoms with Crippen LogP contribution in [0.5, 0.6) is 0 Å². The van der Waals surface area contributed by atoms with Crippen molar-refractivity contribution in [2.45, 2.75) is 33.2 Å². The Labute approximate surface area is 132 Å². The molecule has 2 aromatic carbocycles. The van der Waals surface area contributed by atoms with E-state index in [-0.39, 0.29) is 12.5 Å². The van der Waals surface area contributed by atoms with Crippen LogP contribution in [0.15, 0.2) is 48.5 Å². The lowest BCUT2D eigenvalue weighted by molar-refractivity contribution is -0.119. The van der Waals surface area contributed by atoms with Crippen LogP contribution < -0.4 is 10.6 Å². The minimum atomic E-state index is 0.00168. The van der Waals surface area contributed by atoms with Crippen molar-refractivity contribution in [2.24, 2.45) is 0 Å². The van der Waals surface area contributed by atoms with E-state index in [2.05, 4.69) is 43.5 Å². The van der Waals surface area contributed by atoms with Crippen molar-refractivity contribution >= 4 is 11.6 Å². The number of para-hydroxylation sites is 1. The number of benzene rings is 2. The predicted molar refractivity (Wildman–Crippen MR) is 92.0 cm³/mol. The van der Waals surface area contributed by atoms with Gasteiger partial charge in [-0.05, 0) is 35.6 Å². The Morgan fingerprint density at radius 3 is 2.45 bits per heavy atom. The van der Waals surface area contributed by atoms with Crippen LogP contribution in [0.2, 0.25) is 0 Å². The van der Waals surface area contributed by atoms with Gasteiger partial charge in [-0.15, -0.1) is 0 Å². The van der Waals surface area contributed by atoms with Gasteiger partial charge in [-0.25, -0.2) is 0 Å². The van der Waals surface area contributed by atoms with Crippen LogP contribution in [0.3, 0.4) is 0 Å². The molecule has 0 atom stereocenters. The Balaban J connectivity index is 1.87. The normalized spacial score (nSPS) is 10.5. The molecule has 3 nitrogen and oxygen atoms in total. The maximum absolute atomic E-state index is 12.0. The summed E-state index contributed by atoms with van der Waals surface area (Å²) in [5, 5.41) is 6.19. The molecule has 22 heavy (non-hydrogen) atoms. The Bertz CT molecular complexity index is 635. The van der Waals surface area contributed by atoms with Gasteiger partial charge in [0.15, 0.2) is 0 Å². The highest BCUT2D eigenvalue weighted by Crippen LogP contribution is 2.23. The summed E-state index contributed by atoms with van der Waals surface area (Å²) in [6.45, 7) is 7.21. The molecule has 0 fully saturated rings. The van der Waals surface area contributed by atoms with Gasteiger partial charge in [-0.2, -0.15) is 0 Å². The molecular formula is C19H24N2O. The summed E-state index contributed by atoms with van der Waals surface area (Å²) in [5.41, 5.74) is 4.61. The molecule has 0 bridgehead atoms. The van der Waals surface area contributed by atoms with E-state index in [9.17, 15) is 4.79 Å². The summed E-state index contributed by atoms with van der Waals surface area (Å²) < 4.78 is 0. The van der Waals surface area contributed by atoms with Gasteiger partial charge in [-0.3, -0.25) is 4.79 Å². The van der Waals surface area contributed by atoms with E-state index in [1.807, 2.05) is 36.4 Å². The number of hydrogen-bond acceptors (Lipinski definition) is 2. The first-order chi connectivity index (χ1) is 10.6. The Kier molecular flexibility index (Phi) is 5.59. The van der Waals surface area contributed by atoms with Gasteiger partial charge in [0.05, 0.1) is 6.54 Å². The summed E-state index contributed by atoms with van der Waals surface area (Å²) in [6, 6.07) is 16.2. The van der Waals surface area contributed by atoms with Crippen molar-refractivity contribution in [2.75, 3.05) is 11.9 Å². The molecule has 0 spiro atoms. The van der Waals surface area contributed by atoms with Gasteiger partial charge in [-0.1, -0.05) is 56.3 Å². The fraction of sp³-hybridized carbons (Fsp3) is 0.316. The molecule has 1 amide bonds. The Morgan fingerprint density at radius 2 is 1.73 bits per heavy atom. The molecule has 0 unspecified atom stereocenters. The second-order valence-corrected chi connectivity index (χ2v) is 5.80. The summed E-state index contributed by atoms with van der Waals surface area (Å²) in [7, 11) is 0. The number of amides is 1. The van der Waals surface area contributed by atoms with E-state index in [1.165, 1.54) is 11.1 Å². The molecule has 3 heteroatoms. The first kappa shape index (κ1) is 16.1. The number of hydrogen-bond donors (Lipinski definition) is 2. The summed E-state index contributed by atoms with van der Waals surface area (Å²) in [5.74, 6) is 0.431. The molecule has 0 saturated carbocycles. The van der Waals surface area contributed by atoms with Crippen molar-refractivity contribution in [1.82, 2.24) is 5.32 Å². The average molecular weight is 296 g/mol. The third-order valence-electron chi connectivity index (χ3n) is 3.76. The van der Waals surface area contributed by atoms with Gasteiger partial charge < -0.3 is 10.6 Å². The molecule has 0 aliphatic carbocycles. The zero-order valence-electron chi connectivity index (χ0n) is 13.5. The quantitative estimate of drug-likeness (QED) is 0.850. The lowest BCUT2D eigenvalue weighted by atomic mass is 10.0. The van der Waals surface area contributed by atoms with E-state index in [0.717, 1.165) is 11.3 Å². The van der Waals surface area contributed by atoms with E-state index in [0.29, 0.717) is 12.5 Å². The van der Waals surface area contributed by atoms with Gasteiger partial charge in [0.1, 0.15) is 0 Å². The molecule has 0 radical (unpaired) electrons. The third-order valence-corrected chi connectivity index (χ3v) is 3.76. The number of carbonyl (C=O) groups excluding carboxylic acids is 1. The van der Waals surface area contributed by atoms with Gasteiger partial charge in [0.25, 0.3) is 0 Å². The number of anilines is 1. The highest BCUT2D eigenvalue weighted by atomic mass is 16.1. The van der Waals surface area contributed by atoms with Crippen LogP contribution in [0.1, 0.15) is 36.5 Å². The van der Waals surface area contributed by atoms with Crippen molar-refractivity contribution in [3.8, 4) is 0 Å². The van der Waals surface area contributed by atoms with Gasteiger partial charge in [0, 0.05) is 12.2 Å². The zero-order chi connectivity index (χ0) is 15.9. The van der Waals surface area contributed by atoms with Gasteiger partial charge >= 0.3 is 0 Å². The number of rotatable bonds is 6. The molecule has 0 aliphatic rings. The third kappa shape index (κ3) is 4.35. The largest absolute Gasteiger partial charge is 0.376 e. The number of aryl methyl sites for hydroxylation is 1. The average Bonchev–Trinajstić information content (AvgIpc) is 2.52. The minimum absolute atomic E-state index is 0.00168.